The molecule has 0 aliphatic carbocycles. The summed E-state index contributed by atoms with van der Waals surface area (Å²) < 4.78 is 6.27. The van der Waals surface area contributed by atoms with Gasteiger partial charge in [-0.2, -0.15) is 0 Å². The van der Waals surface area contributed by atoms with E-state index in [1.807, 2.05) is 30.3 Å². The minimum absolute atomic E-state index is 0.188. The molecule has 3 rings (SSSR count). The van der Waals surface area contributed by atoms with Crippen LogP contribution < -0.4 is 0 Å². The van der Waals surface area contributed by atoms with Crippen molar-refractivity contribution in [1.82, 2.24) is 4.90 Å². The second kappa shape index (κ2) is 10.7. The first-order valence-electron chi connectivity index (χ1n) is 10.4. The highest BCUT2D eigenvalue weighted by molar-refractivity contribution is 5.35. The van der Waals surface area contributed by atoms with Crippen LogP contribution in [0.5, 0.6) is 0 Å². The predicted molar refractivity (Wildman–Crippen MR) is 112 cm³/mol. The van der Waals surface area contributed by atoms with Crippen molar-refractivity contribution in [3.05, 3.63) is 71.3 Å². The molecule has 2 N–H and O–H groups in total. The molecule has 0 radical (unpaired) electrons. The van der Waals surface area contributed by atoms with E-state index in [9.17, 15) is 10.2 Å². The number of rotatable bonds is 9. The molecule has 1 aliphatic heterocycles. The van der Waals surface area contributed by atoms with E-state index in [0.29, 0.717) is 12.6 Å². The molecule has 1 fully saturated rings. The van der Waals surface area contributed by atoms with Gasteiger partial charge in [0, 0.05) is 19.2 Å². The van der Waals surface area contributed by atoms with Crippen molar-refractivity contribution < 1.29 is 14.9 Å². The molecule has 1 aliphatic rings. The zero-order chi connectivity index (χ0) is 19.8. The van der Waals surface area contributed by atoms with E-state index in [2.05, 4.69) is 36.1 Å². The number of aliphatic hydroxyl groups excluding tert-OH is 2. The Morgan fingerprint density at radius 2 is 1.82 bits per heavy atom. The van der Waals surface area contributed by atoms with Gasteiger partial charge in [0.1, 0.15) is 6.10 Å². The van der Waals surface area contributed by atoms with Crippen LogP contribution in [0, 0.1) is 6.92 Å². The van der Waals surface area contributed by atoms with Crippen molar-refractivity contribution in [1.29, 1.82) is 0 Å². The zero-order valence-corrected chi connectivity index (χ0v) is 16.8. The number of aliphatic hydroxyl groups is 2. The van der Waals surface area contributed by atoms with E-state index in [-0.39, 0.29) is 19.3 Å². The third-order valence-corrected chi connectivity index (χ3v) is 5.69. The second-order valence-corrected chi connectivity index (χ2v) is 7.79. The molecule has 1 heterocycles. The van der Waals surface area contributed by atoms with Crippen LogP contribution in [-0.4, -0.2) is 53.6 Å². The Balaban J connectivity index is 1.65. The van der Waals surface area contributed by atoms with Crippen molar-refractivity contribution in [3.63, 3.8) is 0 Å². The summed E-state index contributed by atoms with van der Waals surface area (Å²) in [7, 11) is 0. The minimum atomic E-state index is -0.547. The van der Waals surface area contributed by atoms with Crippen LogP contribution in [0.25, 0.3) is 0 Å². The van der Waals surface area contributed by atoms with E-state index in [1.54, 1.807) is 0 Å². The second-order valence-electron chi connectivity index (χ2n) is 7.79. The fraction of sp³-hybridized carbons (Fsp3) is 0.500. The molecule has 4 heteroatoms. The van der Waals surface area contributed by atoms with Crippen LogP contribution in [-0.2, 0) is 4.74 Å². The number of likely N-dealkylation sites (tertiary alicyclic amines) is 1. The SMILES string of the molecule is Cc1ccccc1[C@@H](OC[C@H](O)CN1CCCC[C@@H]1CCO)c1ccccc1. The van der Waals surface area contributed by atoms with Gasteiger partial charge in [-0.15, -0.1) is 0 Å². The van der Waals surface area contributed by atoms with Crippen LogP contribution in [0.1, 0.15) is 48.5 Å². The number of piperidine rings is 1. The van der Waals surface area contributed by atoms with Gasteiger partial charge in [0.25, 0.3) is 0 Å². The molecule has 0 aromatic heterocycles. The maximum atomic E-state index is 10.7. The molecular weight excluding hydrogens is 350 g/mol. The molecule has 0 unspecified atom stereocenters. The maximum absolute atomic E-state index is 10.7. The molecule has 0 bridgehead atoms. The summed E-state index contributed by atoms with van der Waals surface area (Å²) in [5.74, 6) is 0. The molecule has 3 atom stereocenters. The van der Waals surface area contributed by atoms with Gasteiger partial charge in [-0.05, 0) is 49.4 Å². The Bertz CT molecular complexity index is 704. The van der Waals surface area contributed by atoms with Gasteiger partial charge in [0.05, 0.1) is 12.7 Å². The third kappa shape index (κ3) is 5.65. The molecular formula is C24H33NO3. The smallest absolute Gasteiger partial charge is 0.108 e. The van der Waals surface area contributed by atoms with Gasteiger partial charge in [-0.1, -0.05) is 61.0 Å². The quantitative estimate of drug-likeness (QED) is 0.693. The van der Waals surface area contributed by atoms with E-state index < -0.39 is 6.10 Å². The van der Waals surface area contributed by atoms with E-state index in [0.717, 1.165) is 36.9 Å². The van der Waals surface area contributed by atoms with Gasteiger partial charge < -0.3 is 14.9 Å². The first-order chi connectivity index (χ1) is 13.7. The summed E-state index contributed by atoms with van der Waals surface area (Å²) in [5, 5.41) is 20.0. The number of benzene rings is 2. The fourth-order valence-electron chi connectivity index (χ4n) is 4.18. The molecule has 2 aromatic carbocycles. The molecule has 0 spiro atoms. The number of nitrogens with zero attached hydrogens (tertiary/aromatic N) is 1. The first kappa shape index (κ1) is 21.0. The average molecular weight is 384 g/mol. The molecule has 4 nitrogen and oxygen atoms in total. The van der Waals surface area contributed by atoms with Gasteiger partial charge in [0.15, 0.2) is 0 Å². The molecule has 2 aromatic rings. The highest BCUT2D eigenvalue weighted by Crippen LogP contribution is 2.28. The van der Waals surface area contributed by atoms with Crippen molar-refractivity contribution in [2.45, 2.75) is 50.9 Å². The summed E-state index contributed by atoms with van der Waals surface area (Å²) in [5.41, 5.74) is 3.42. The fourth-order valence-corrected chi connectivity index (χ4v) is 4.18. The highest BCUT2D eigenvalue weighted by atomic mass is 16.5. The molecule has 28 heavy (non-hydrogen) atoms. The van der Waals surface area contributed by atoms with Crippen molar-refractivity contribution in [2.24, 2.45) is 0 Å². The van der Waals surface area contributed by atoms with E-state index >= 15 is 0 Å². The standard InChI is InChI=1S/C24H33NO3/c1-19-9-5-6-13-23(19)24(20-10-3-2-4-11-20)28-18-22(27)17-25-15-8-7-12-21(25)14-16-26/h2-6,9-11,13,21-22,24,26-27H,7-8,12,14-18H2,1H3/t21-,22-,24+/m1/s1. The van der Waals surface area contributed by atoms with Crippen molar-refractivity contribution >= 4 is 0 Å². The van der Waals surface area contributed by atoms with Gasteiger partial charge in [0.2, 0.25) is 0 Å². The lowest BCUT2D eigenvalue weighted by Crippen LogP contribution is -2.45. The van der Waals surface area contributed by atoms with Gasteiger partial charge >= 0.3 is 0 Å². The summed E-state index contributed by atoms with van der Waals surface area (Å²) in [4.78, 5) is 2.32. The summed E-state index contributed by atoms with van der Waals surface area (Å²) in [6.07, 6.45) is 3.51. The van der Waals surface area contributed by atoms with Gasteiger partial charge in [-0.25, -0.2) is 0 Å². The molecule has 0 saturated carbocycles. The Kier molecular flexibility index (Phi) is 8.04. The van der Waals surface area contributed by atoms with Crippen LogP contribution in [0.2, 0.25) is 0 Å². The van der Waals surface area contributed by atoms with Crippen LogP contribution in [0.3, 0.4) is 0 Å². The Morgan fingerprint density at radius 3 is 2.57 bits per heavy atom. The Morgan fingerprint density at radius 1 is 1.07 bits per heavy atom. The van der Waals surface area contributed by atoms with Gasteiger partial charge in [-0.3, -0.25) is 4.90 Å². The molecule has 1 saturated heterocycles. The summed E-state index contributed by atoms with van der Waals surface area (Å²) in [6.45, 7) is 4.17. The maximum Gasteiger partial charge on any atom is 0.108 e. The topological polar surface area (TPSA) is 52.9 Å². The normalized spacial score (nSPS) is 20.0. The molecule has 0 amide bonds. The third-order valence-electron chi connectivity index (χ3n) is 5.69. The predicted octanol–water partition coefficient (Wildman–Crippen LogP) is 3.70. The number of hydrogen-bond donors (Lipinski definition) is 2. The van der Waals surface area contributed by atoms with E-state index in [1.165, 1.54) is 12.0 Å². The largest absolute Gasteiger partial charge is 0.396 e. The van der Waals surface area contributed by atoms with Crippen molar-refractivity contribution in [2.75, 3.05) is 26.3 Å². The monoisotopic (exact) mass is 383 g/mol. The highest BCUT2D eigenvalue weighted by Gasteiger charge is 2.25. The van der Waals surface area contributed by atoms with Crippen LogP contribution in [0.15, 0.2) is 54.6 Å². The zero-order valence-electron chi connectivity index (χ0n) is 16.8. The molecule has 152 valence electrons. The summed E-state index contributed by atoms with van der Waals surface area (Å²) >= 11 is 0. The number of ether oxygens (including phenoxy) is 1. The Labute approximate surface area is 168 Å². The lowest BCUT2D eigenvalue weighted by Gasteiger charge is -2.36. The van der Waals surface area contributed by atoms with Crippen LogP contribution >= 0.6 is 0 Å². The van der Waals surface area contributed by atoms with Crippen molar-refractivity contribution in [3.8, 4) is 0 Å². The lowest BCUT2D eigenvalue weighted by molar-refractivity contribution is -0.0205. The van der Waals surface area contributed by atoms with E-state index in [4.69, 9.17) is 4.74 Å². The minimum Gasteiger partial charge on any atom is -0.396 e. The lowest BCUT2D eigenvalue weighted by atomic mass is 9.97. The number of β-amino-alcohol motifs (C(OH)–C–C–N with tert-alkyl or cyclic N) is 1. The Hall–Kier alpha value is -1.72. The number of hydrogen-bond acceptors (Lipinski definition) is 4. The van der Waals surface area contributed by atoms with Crippen LogP contribution in [0.4, 0.5) is 0 Å². The first-order valence-corrected chi connectivity index (χ1v) is 10.4. The summed E-state index contributed by atoms with van der Waals surface area (Å²) in [6, 6.07) is 18.8. The average Bonchev–Trinajstić information content (AvgIpc) is 2.72. The number of aryl methyl sites for hydroxylation is 1.